The number of rotatable bonds is 5. The van der Waals surface area contributed by atoms with Gasteiger partial charge in [0.2, 0.25) is 0 Å². The molecule has 0 heterocycles. The van der Waals surface area contributed by atoms with Crippen LogP contribution in [0.25, 0.3) is 0 Å². The van der Waals surface area contributed by atoms with Crippen LogP contribution in [0.4, 0.5) is 18.9 Å². The summed E-state index contributed by atoms with van der Waals surface area (Å²) in [4.78, 5) is 1.34. The van der Waals surface area contributed by atoms with Gasteiger partial charge in [0.25, 0.3) is 0 Å². The Morgan fingerprint density at radius 2 is 2.00 bits per heavy atom. The molecule has 0 fully saturated rings. The first-order valence-electron chi connectivity index (χ1n) is 6.07. The van der Waals surface area contributed by atoms with Crippen LogP contribution in [0.15, 0.2) is 22.7 Å². The second kappa shape index (κ2) is 6.61. The van der Waals surface area contributed by atoms with E-state index in [4.69, 9.17) is 0 Å². The van der Waals surface area contributed by atoms with Crippen molar-refractivity contribution in [2.45, 2.75) is 26.1 Å². The molecule has 0 aromatic heterocycles. The highest BCUT2D eigenvalue weighted by atomic mass is 79.9. The molecule has 0 amide bonds. The summed E-state index contributed by atoms with van der Waals surface area (Å²) >= 11 is 3.32. The van der Waals surface area contributed by atoms with Gasteiger partial charge in [0.1, 0.15) is 6.54 Å². The number of alkyl halides is 3. The van der Waals surface area contributed by atoms with Crippen LogP contribution in [0.3, 0.4) is 0 Å². The summed E-state index contributed by atoms with van der Waals surface area (Å²) in [5.74, 6) is 0. The van der Waals surface area contributed by atoms with E-state index in [2.05, 4.69) is 21.2 Å². The van der Waals surface area contributed by atoms with Crippen molar-refractivity contribution in [3.05, 3.63) is 28.2 Å². The van der Waals surface area contributed by atoms with E-state index < -0.39 is 12.7 Å². The van der Waals surface area contributed by atoms with Gasteiger partial charge in [-0.1, -0.05) is 22.0 Å². The summed E-state index contributed by atoms with van der Waals surface area (Å²) in [6.07, 6.45) is -4.21. The van der Waals surface area contributed by atoms with Gasteiger partial charge in [-0.25, -0.2) is 0 Å². The van der Waals surface area contributed by atoms with E-state index in [1.54, 1.807) is 20.0 Å². The Hall–Kier alpha value is -0.750. The van der Waals surface area contributed by atoms with Crippen LogP contribution in [-0.4, -0.2) is 26.3 Å². The minimum absolute atomic E-state index is 0.00890. The van der Waals surface area contributed by atoms with Gasteiger partial charge < -0.3 is 10.2 Å². The third-order valence-corrected chi connectivity index (χ3v) is 3.48. The van der Waals surface area contributed by atoms with Gasteiger partial charge in [0.05, 0.1) is 0 Å². The molecule has 0 spiro atoms. The highest BCUT2D eigenvalue weighted by Gasteiger charge is 2.31. The van der Waals surface area contributed by atoms with Crippen LogP contribution >= 0.6 is 15.9 Å². The fraction of sp³-hybridized carbons (Fsp3) is 0.538. The van der Waals surface area contributed by atoms with Crippen molar-refractivity contribution in [2.24, 2.45) is 0 Å². The molecular weight excluding hydrogens is 321 g/mol. The molecule has 0 aliphatic carbocycles. The van der Waals surface area contributed by atoms with Crippen molar-refractivity contribution >= 4 is 21.6 Å². The first kappa shape index (κ1) is 16.3. The van der Waals surface area contributed by atoms with Gasteiger partial charge in [-0.15, -0.1) is 0 Å². The lowest BCUT2D eigenvalue weighted by Crippen LogP contribution is -2.35. The number of hydrogen-bond donors (Lipinski definition) is 1. The van der Waals surface area contributed by atoms with Crippen molar-refractivity contribution in [1.82, 2.24) is 5.32 Å². The SMILES string of the molecule is CCN(CC(F)(F)F)c1cc(Br)ccc1C(C)NC. The lowest BCUT2D eigenvalue weighted by molar-refractivity contribution is -0.119. The zero-order chi connectivity index (χ0) is 14.6. The Balaban J connectivity index is 3.17. The number of nitrogens with zero attached hydrogens (tertiary/aromatic N) is 1. The molecule has 1 rings (SSSR count). The Bertz CT molecular complexity index is 421. The van der Waals surface area contributed by atoms with Gasteiger partial charge in [0.15, 0.2) is 0 Å². The molecule has 0 bridgehead atoms. The van der Waals surface area contributed by atoms with Gasteiger partial charge in [0, 0.05) is 22.7 Å². The normalized spacial score (nSPS) is 13.4. The molecule has 1 atom stereocenters. The highest BCUT2D eigenvalue weighted by Crippen LogP contribution is 2.31. The van der Waals surface area contributed by atoms with Gasteiger partial charge in [-0.2, -0.15) is 13.2 Å². The molecule has 1 unspecified atom stereocenters. The summed E-state index contributed by atoms with van der Waals surface area (Å²) in [7, 11) is 1.79. The molecule has 6 heteroatoms. The van der Waals surface area contributed by atoms with Crippen LogP contribution < -0.4 is 10.2 Å². The van der Waals surface area contributed by atoms with Crippen LogP contribution in [0.2, 0.25) is 0 Å². The molecule has 108 valence electrons. The number of halogens is 4. The van der Waals surface area contributed by atoms with Gasteiger partial charge >= 0.3 is 6.18 Å². The molecule has 2 nitrogen and oxygen atoms in total. The second-order valence-corrected chi connectivity index (χ2v) is 5.26. The summed E-state index contributed by atoms with van der Waals surface area (Å²) in [5, 5.41) is 3.06. The number of hydrogen-bond acceptors (Lipinski definition) is 2. The van der Waals surface area contributed by atoms with E-state index in [0.29, 0.717) is 12.2 Å². The monoisotopic (exact) mass is 338 g/mol. The molecule has 0 saturated heterocycles. The molecule has 19 heavy (non-hydrogen) atoms. The van der Waals surface area contributed by atoms with Crippen LogP contribution in [0.5, 0.6) is 0 Å². The Morgan fingerprint density at radius 1 is 1.37 bits per heavy atom. The van der Waals surface area contributed by atoms with E-state index in [0.717, 1.165) is 10.0 Å². The van der Waals surface area contributed by atoms with E-state index >= 15 is 0 Å². The van der Waals surface area contributed by atoms with Gasteiger partial charge in [-0.05, 0) is 38.6 Å². The Kier molecular flexibility index (Phi) is 5.67. The predicted octanol–water partition coefficient (Wildman–Crippen LogP) is 4.12. The van der Waals surface area contributed by atoms with Gasteiger partial charge in [-0.3, -0.25) is 0 Å². The molecule has 1 N–H and O–H groups in total. The summed E-state index contributed by atoms with van der Waals surface area (Å²) < 4.78 is 38.6. The quantitative estimate of drug-likeness (QED) is 0.868. The lowest BCUT2D eigenvalue weighted by atomic mass is 10.1. The molecule has 0 radical (unpaired) electrons. The average molecular weight is 339 g/mol. The topological polar surface area (TPSA) is 15.3 Å². The second-order valence-electron chi connectivity index (χ2n) is 4.34. The Labute approximate surface area is 120 Å². The third kappa shape index (κ3) is 4.69. The van der Waals surface area contributed by atoms with E-state index in [9.17, 15) is 13.2 Å². The minimum Gasteiger partial charge on any atom is -0.363 e. The predicted molar refractivity (Wildman–Crippen MR) is 75.6 cm³/mol. The molecule has 0 aliphatic heterocycles. The molecule has 1 aromatic carbocycles. The maximum absolute atomic E-state index is 12.6. The van der Waals surface area contributed by atoms with Crippen LogP contribution in [-0.2, 0) is 0 Å². The summed E-state index contributed by atoms with van der Waals surface area (Å²) in [6, 6.07) is 5.41. The first-order chi connectivity index (χ1) is 8.78. The van der Waals surface area contributed by atoms with Crippen LogP contribution in [0.1, 0.15) is 25.5 Å². The van der Waals surface area contributed by atoms with Crippen molar-refractivity contribution in [1.29, 1.82) is 0 Å². The lowest BCUT2D eigenvalue weighted by Gasteiger charge is -2.28. The molecule has 0 aliphatic rings. The van der Waals surface area contributed by atoms with Crippen molar-refractivity contribution in [3.8, 4) is 0 Å². The highest BCUT2D eigenvalue weighted by molar-refractivity contribution is 9.10. The zero-order valence-corrected chi connectivity index (χ0v) is 12.8. The number of anilines is 1. The van der Waals surface area contributed by atoms with E-state index in [1.807, 2.05) is 19.1 Å². The average Bonchev–Trinajstić information content (AvgIpc) is 2.33. The van der Waals surface area contributed by atoms with Crippen molar-refractivity contribution in [2.75, 3.05) is 25.0 Å². The third-order valence-electron chi connectivity index (χ3n) is 2.98. The first-order valence-corrected chi connectivity index (χ1v) is 6.86. The van der Waals surface area contributed by atoms with Crippen LogP contribution in [0, 0.1) is 0 Å². The molecular formula is C13H18BrF3N2. The fourth-order valence-electron chi connectivity index (χ4n) is 1.90. The maximum atomic E-state index is 12.6. The summed E-state index contributed by atoms with van der Waals surface area (Å²) in [5.41, 5.74) is 1.47. The smallest absolute Gasteiger partial charge is 0.363 e. The van der Waals surface area contributed by atoms with E-state index in [-0.39, 0.29) is 6.04 Å². The largest absolute Gasteiger partial charge is 0.405 e. The molecule has 1 aromatic rings. The Morgan fingerprint density at radius 3 is 2.47 bits per heavy atom. The minimum atomic E-state index is -4.21. The molecule has 0 saturated carbocycles. The standard InChI is InChI=1S/C13H18BrF3N2/c1-4-19(8-13(15,16)17)12-7-10(14)5-6-11(12)9(2)18-3/h5-7,9,18H,4,8H2,1-3H3. The number of nitrogens with one attached hydrogen (secondary N) is 1. The zero-order valence-electron chi connectivity index (χ0n) is 11.2. The fourth-order valence-corrected chi connectivity index (χ4v) is 2.25. The maximum Gasteiger partial charge on any atom is 0.405 e. The van der Waals surface area contributed by atoms with Crippen molar-refractivity contribution < 1.29 is 13.2 Å². The summed E-state index contributed by atoms with van der Waals surface area (Å²) in [6.45, 7) is 3.01. The number of benzene rings is 1. The van der Waals surface area contributed by atoms with E-state index in [1.165, 1.54) is 4.90 Å². The van der Waals surface area contributed by atoms with Crippen molar-refractivity contribution in [3.63, 3.8) is 0 Å².